The molecule has 0 bridgehead atoms. The Bertz CT molecular complexity index is 391. The average molecular weight is 273 g/mol. The maximum atomic E-state index is 11.9. The predicted octanol–water partition coefficient (Wildman–Crippen LogP) is 4.06. The summed E-state index contributed by atoms with van der Waals surface area (Å²) in [5.74, 6) is 1.57. The molecule has 0 radical (unpaired) electrons. The van der Waals surface area contributed by atoms with E-state index in [1.807, 2.05) is 0 Å². The van der Waals surface area contributed by atoms with Crippen LogP contribution < -0.4 is 4.74 Å². The van der Waals surface area contributed by atoms with E-state index in [0.29, 0.717) is 28.0 Å². The molecule has 17 heavy (non-hydrogen) atoms. The van der Waals surface area contributed by atoms with Crippen molar-refractivity contribution >= 4 is 29.1 Å². The Morgan fingerprint density at radius 2 is 2.18 bits per heavy atom. The van der Waals surface area contributed by atoms with E-state index in [2.05, 4.69) is 13.8 Å². The maximum Gasteiger partial charge on any atom is 0.163 e. The summed E-state index contributed by atoms with van der Waals surface area (Å²) in [5.41, 5.74) is 0.653. The number of carbonyl (C=O) groups excluding carboxylic acids is 1. The van der Waals surface area contributed by atoms with Crippen molar-refractivity contribution in [2.24, 2.45) is 0 Å². The molecule has 0 aromatic heterocycles. The van der Waals surface area contributed by atoms with Crippen molar-refractivity contribution in [1.82, 2.24) is 0 Å². The number of halogens is 1. The first-order valence-corrected chi connectivity index (χ1v) is 6.95. The first-order chi connectivity index (χ1) is 8.04. The monoisotopic (exact) mass is 272 g/mol. The van der Waals surface area contributed by atoms with Crippen LogP contribution in [-0.4, -0.2) is 23.9 Å². The topological polar surface area (TPSA) is 26.3 Å². The van der Waals surface area contributed by atoms with Crippen molar-refractivity contribution in [3.8, 4) is 5.75 Å². The molecule has 0 saturated carbocycles. The third kappa shape index (κ3) is 4.60. The van der Waals surface area contributed by atoms with Crippen LogP contribution in [-0.2, 0) is 0 Å². The van der Waals surface area contributed by atoms with Crippen LogP contribution in [0.4, 0.5) is 0 Å². The lowest BCUT2D eigenvalue weighted by atomic mass is 10.1. The van der Waals surface area contributed by atoms with Crippen LogP contribution in [0.5, 0.6) is 5.75 Å². The fraction of sp³-hybridized carbons (Fsp3) is 0.462. The first kappa shape index (κ1) is 14.4. The molecule has 2 nitrogen and oxygen atoms in total. The van der Waals surface area contributed by atoms with Crippen molar-refractivity contribution in [3.05, 3.63) is 28.8 Å². The Morgan fingerprint density at radius 3 is 2.71 bits per heavy atom. The number of Topliss-reactive ketones (excluding diaryl/α,β-unsaturated/α-hetero) is 1. The molecule has 0 fully saturated rings. The number of rotatable bonds is 6. The highest BCUT2D eigenvalue weighted by Crippen LogP contribution is 2.25. The molecule has 1 aromatic rings. The average Bonchev–Trinajstić information content (AvgIpc) is 2.28. The molecule has 94 valence electrons. The van der Waals surface area contributed by atoms with Gasteiger partial charge < -0.3 is 4.74 Å². The summed E-state index contributed by atoms with van der Waals surface area (Å²) in [5, 5.41) is 1.04. The number of hydrogen-bond acceptors (Lipinski definition) is 3. The molecule has 0 amide bonds. The fourth-order valence-corrected chi connectivity index (χ4v) is 2.40. The van der Waals surface area contributed by atoms with Crippen LogP contribution >= 0.6 is 23.4 Å². The standard InChI is InChI=1S/C13H17ClO2S/c1-9(2)17-7-6-12(15)10-4-5-13(16-3)11(14)8-10/h4-5,8-9H,6-7H2,1-3H3. The van der Waals surface area contributed by atoms with Gasteiger partial charge in [0, 0.05) is 17.7 Å². The molecular weight excluding hydrogens is 256 g/mol. The number of ether oxygens (including phenoxy) is 1. The molecule has 0 N–H and O–H groups in total. The molecule has 4 heteroatoms. The minimum absolute atomic E-state index is 0.128. The number of thioether (sulfide) groups is 1. The van der Waals surface area contributed by atoms with Gasteiger partial charge in [-0.2, -0.15) is 11.8 Å². The molecular formula is C13H17ClO2S. The fourth-order valence-electron chi connectivity index (χ4n) is 1.37. The Kier molecular flexibility index (Phi) is 5.86. The van der Waals surface area contributed by atoms with E-state index in [9.17, 15) is 4.79 Å². The van der Waals surface area contributed by atoms with Crippen LogP contribution in [0.25, 0.3) is 0 Å². The minimum Gasteiger partial charge on any atom is -0.495 e. The van der Waals surface area contributed by atoms with Crippen molar-refractivity contribution in [2.75, 3.05) is 12.9 Å². The van der Waals surface area contributed by atoms with Gasteiger partial charge >= 0.3 is 0 Å². The van der Waals surface area contributed by atoms with Gasteiger partial charge in [0.1, 0.15) is 5.75 Å². The van der Waals surface area contributed by atoms with E-state index in [1.54, 1.807) is 37.1 Å². The zero-order valence-corrected chi connectivity index (χ0v) is 11.9. The zero-order valence-electron chi connectivity index (χ0n) is 10.3. The van der Waals surface area contributed by atoms with Crippen molar-refractivity contribution in [3.63, 3.8) is 0 Å². The molecule has 0 aliphatic heterocycles. The third-order valence-corrected chi connectivity index (χ3v) is 3.66. The van der Waals surface area contributed by atoms with Gasteiger partial charge in [0.05, 0.1) is 12.1 Å². The van der Waals surface area contributed by atoms with Crippen LogP contribution in [0.1, 0.15) is 30.6 Å². The summed E-state index contributed by atoms with van der Waals surface area (Å²) in [4.78, 5) is 11.9. The van der Waals surface area contributed by atoms with Gasteiger partial charge in [-0.05, 0) is 23.4 Å². The Hall–Kier alpha value is -0.670. The summed E-state index contributed by atoms with van der Waals surface area (Å²) in [6, 6.07) is 5.15. The molecule has 1 aromatic carbocycles. The van der Waals surface area contributed by atoms with E-state index < -0.39 is 0 Å². The van der Waals surface area contributed by atoms with Gasteiger partial charge in [-0.1, -0.05) is 25.4 Å². The summed E-state index contributed by atoms with van der Waals surface area (Å²) < 4.78 is 5.04. The molecule has 0 saturated heterocycles. The second-order valence-corrected chi connectivity index (χ2v) is 6.03. The van der Waals surface area contributed by atoms with E-state index in [-0.39, 0.29) is 5.78 Å². The van der Waals surface area contributed by atoms with Crippen LogP contribution in [0, 0.1) is 0 Å². The van der Waals surface area contributed by atoms with Gasteiger partial charge in [-0.25, -0.2) is 0 Å². The van der Waals surface area contributed by atoms with Gasteiger partial charge in [0.2, 0.25) is 0 Å². The Balaban J connectivity index is 2.60. The van der Waals surface area contributed by atoms with E-state index in [1.165, 1.54) is 0 Å². The number of methoxy groups -OCH3 is 1. The van der Waals surface area contributed by atoms with Crippen LogP contribution in [0.15, 0.2) is 18.2 Å². The molecule has 0 aliphatic carbocycles. The summed E-state index contributed by atoms with van der Waals surface area (Å²) in [6.45, 7) is 4.25. The molecule has 0 spiro atoms. The zero-order chi connectivity index (χ0) is 12.8. The first-order valence-electron chi connectivity index (χ1n) is 5.53. The highest BCUT2D eigenvalue weighted by atomic mass is 35.5. The number of hydrogen-bond donors (Lipinski definition) is 0. The lowest BCUT2D eigenvalue weighted by Crippen LogP contribution is -2.02. The quantitative estimate of drug-likeness (QED) is 0.731. The Morgan fingerprint density at radius 1 is 1.47 bits per heavy atom. The number of benzene rings is 1. The van der Waals surface area contributed by atoms with E-state index in [4.69, 9.17) is 16.3 Å². The SMILES string of the molecule is COc1ccc(C(=O)CCSC(C)C)cc1Cl. The van der Waals surface area contributed by atoms with E-state index in [0.717, 1.165) is 5.75 Å². The van der Waals surface area contributed by atoms with Crippen molar-refractivity contribution in [2.45, 2.75) is 25.5 Å². The molecule has 1 rings (SSSR count). The van der Waals surface area contributed by atoms with Gasteiger partial charge in [-0.3, -0.25) is 4.79 Å². The molecule has 0 heterocycles. The predicted molar refractivity (Wildman–Crippen MR) is 74.5 cm³/mol. The summed E-state index contributed by atoms with van der Waals surface area (Å²) in [6.07, 6.45) is 0.547. The normalized spacial score (nSPS) is 10.6. The van der Waals surface area contributed by atoms with Crippen LogP contribution in [0.3, 0.4) is 0 Å². The van der Waals surface area contributed by atoms with Gasteiger partial charge in [-0.15, -0.1) is 0 Å². The number of carbonyl (C=O) groups is 1. The smallest absolute Gasteiger partial charge is 0.163 e. The molecule has 0 unspecified atom stereocenters. The second kappa shape index (κ2) is 6.92. The molecule has 0 aliphatic rings. The third-order valence-electron chi connectivity index (χ3n) is 2.25. The van der Waals surface area contributed by atoms with E-state index >= 15 is 0 Å². The maximum absolute atomic E-state index is 11.9. The van der Waals surface area contributed by atoms with Crippen molar-refractivity contribution < 1.29 is 9.53 Å². The lowest BCUT2D eigenvalue weighted by molar-refractivity contribution is 0.0989. The highest BCUT2D eigenvalue weighted by molar-refractivity contribution is 7.99. The minimum atomic E-state index is 0.128. The van der Waals surface area contributed by atoms with Crippen LogP contribution in [0.2, 0.25) is 5.02 Å². The summed E-state index contributed by atoms with van der Waals surface area (Å²) >= 11 is 7.76. The second-order valence-electron chi connectivity index (χ2n) is 3.94. The Labute approximate surface area is 112 Å². The summed E-state index contributed by atoms with van der Waals surface area (Å²) in [7, 11) is 1.56. The number of ketones is 1. The lowest BCUT2D eigenvalue weighted by Gasteiger charge is -2.06. The largest absolute Gasteiger partial charge is 0.495 e. The highest BCUT2D eigenvalue weighted by Gasteiger charge is 2.09. The van der Waals surface area contributed by atoms with Gasteiger partial charge in [0.15, 0.2) is 5.78 Å². The molecule has 0 atom stereocenters. The van der Waals surface area contributed by atoms with Crippen molar-refractivity contribution in [1.29, 1.82) is 0 Å². The van der Waals surface area contributed by atoms with Gasteiger partial charge in [0.25, 0.3) is 0 Å².